The third-order valence-electron chi connectivity index (χ3n) is 8.67. The minimum atomic E-state index is -2.70. The van der Waals surface area contributed by atoms with Gasteiger partial charge in [0.25, 0.3) is 5.91 Å². The number of aromatic nitrogens is 1. The number of phenolic OH excluding ortho intramolecular Hbond substituents is 1. The van der Waals surface area contributed by atoms with Crippen molar-refractivity contribution in [2.45, 2.75) is 24.5 Å². The summed E-state index contributed by atoms with van der Waals surface area (Å²) in [4.78, 5) is 49.5. The number of hydrogen-bond acceptors (Lipinski definition) is 14. The zero-order chi connectivity index (χ0) is 32.4. The van der Waals surface area contributed by atoms with Crippen LogP contribution in [0.25, 0.3) is 17.0 Å². The van der Waals surface area contributed by atoms with Gasteiger partial charge in [-0.1, -0.05) is 12.1 Å². The summed E-state index contributed by atoms with van der Waals surface area (Å²) in [6.07, 6.45) is 0.0998. The van der Waals surface area contributed by atoms with E-state index in [9.17, 15) is 34.8 Å². The largest absolute Gasteiger partial charge is 0.508 e. The highest BCUT2D eigenvalue weighted by Gasteiger charge is 2.64. The van der Waals surface area contributed by atoms with Crippen LogP contribution in [-0.4, -0.2) is 78.8 Å². The van der Waals surface area contributed by atoms with E-state index in [1.165, 1.54) is 22.3 Å². The van der Waals surface area contributed by atoms with E-state index in [-0.39, 0.29) is 29.7 Å². The minimum absolute atomic E-state index is 0.0236. The second-order valence-electron chi connectivity index (χ2n) is 11.4. The number of primary amides is 1. The number of thiazole rings is 1. The van der Waals surface area contributed by atoms with Crippen LogP contribution in [0.15, 0.2) is 58.7 Å². The van der Waals surface area contributed by atoms with Crippen LogP contribution in [0.2, 0.25) is 0 Å². The SMILES string of the molecule is CN(C)C1C(=O)C(C(N)=O)=C(O)C2(O)C(=O)C3=C(O)c4c(O)ccc(Nc5nc(-c6cccc(NOO)c6)cs5)c4CC3CC12. The van der Waals surface area contributed by atoms with Crippen LogP contribution in [-0.2, 0) is 25.8 Å². The quantitative estimate of drug-likeness (QED) is 0.0809. The Balaban J connectivity index is 1.40. The number of anilines is 3. The summed E-state index contributed by atoms with van der Waals surface area (Å²) in [7, 11) is 3.09. The molecule has 234 valence electrons. The van der Waals surface area contributed by atoms with Crippen LogP contribution in [0.5, 0.6) is 5.75 Å². The zero-order valence-corrected chi connectivity index (χ0v) is 24.8. The summed E-state index contributed by atoms with van der Waals surface area (Å²) in [5, 5.41) is 59.2. The molecule has 1 heterocycles. The Bertz CT molecular complexity index is 1830. The van der Waals surface area contributed by atoms with E-state index in [0.29, 0.717) is 27.8 Å². The molecule has 9 N–H and O–H groups in total. The predicted octanol–water partition coefficient (Wildman–Crippen LogP) is 2.65. The summed E-state index contributed by atoms with van der Waals surface area (Å²) < 4.78 is 0. The molecule has 14 nitrogen and oxygen atoms in total. The molecule has 6 rings (SSSR count). The number of carbonyl (C=O) groups is 3. The number of aliphatic hydroxyl groups is 3. The van der Waals surface area contributed by atoms with Gasteiger partial charge in [-0.25, -0.2) is 15.7 Å². The van der Waals surface area contributed by atoms with Crippen molar-refractivity contribution in [1.82, 2.24) is 9.88 Å². The Labute approximate surface area is 259 Å². The Kier molecular flexibility index (Phi) is 7.37. The Morgan fingerprint density at radius 1 is 1.18 bits per heavy atom. The molecular weight excluding hydrogens is 606 g/mol. The molecule has 0 saturated heterocycles. The second kappa shape index (κ2) is 11.0. The van der Waals surface area contributed by atoms with E-state index < -0.39 is 58.0 Å². The molecular formula is C30H29N5O9S. The number of benzene rings is 2. The van der Waals surface area contributed by atoms with Crippen molar-refractivity contribution in [3.8, 4) is 17.0 Å². The van der Waals surface area contributed by atoms with Gasteiger partial charge in [-0.3, -0.25) is 19.3 Å². The molecule has 15 heteroatoms. The van der Waals surface area contributed by atoms with Gasteiger partial charge in [0, 0.05) is 28.1 Å². The number of fused-ring (bicyclic) bond motifs is 3. The third-order valence-corrected chi connectivity index (χ3v) is 9.43. The van der Waals surface area contributed by atoms with Crippen LogP contribution in [0, 0.1) is 11.8 Å². The number of amides is 1. The third kappa shape index (κ3) is 4.63. The number of aromatic hydroxyl groups is 1. The topological polar surface area (TPSA) is 228 Å². The zero-order valence-electron chi connectivity index (χ0n) is 23.9. The standard InChI is InChI=1S/C30H29N5O9S/c1-35(2)23-16-10-13-9-15-17(32-29-33-18(11-45-29)12-4-3-5-14(8-12)34-44-43)6-7-19(36)21(15)24(37)20(13)26(39)30(16,42)27(40)22(25(23)38)28(31)41/h3-8,11,13,16,23,34,36-37,40,42-43H,9-10H2,1-2H3,(H2,31,41)(H,32,33). The first-order valence-corrected chi connectivity index (χ1v) is 14.6. The molecule has 1 saturated carbocycles. The van der Waals surface area contributed by atoms with Crippen LogP contribution in [0.4, 0.5) is 16.5 Å². The van der Waals surface area contributed by atoms with Crippen molar-refractivity contribution < 1.29 is 45.1 Å². The molecule has 4 unspecified atom stereocenters. The molecule has 3 aromatic rings. The molecule has 2 aromatic carbocycles. The predicted molar refractivity (Wildman–Crippen MR) is 162 cm³/mol. The molecule has 0 radical (unpaired) electrons. The van der Waals surface area contributed by atoms with Crippen LogP contribution < -0.4 is 16.5 Å². The summed E-state index contributed by atoms with van der Waals surface area (Å²) in [6, 6.07) is 8.77. The summed E-state index contributed by atoms with van der Waals surface area (Å²) >= 11 is 1.30. The number of Topliss-reactive ketones (excluding diaryl/α,β-unsaturated/α-hetero) is 2. The number of ketones is 2. The average molecular weight is 636 g/mol. The molecule has 3 aliphatic rings. The fraction of sp³-hybridized carbons (Fsp3) is 0.267. The lowest BCUT2D eigenvalue weighted by molar-refractivity contribution is -0.215. The molecule has 1 aromatic heterocycles. The van der Waals surface area contributed by atoms with Crippen molar-refractivity contribution in [1.29, 1.82) is 0 Å². The number of likely N-dealkylation sites (N-methyl/N-ethyl adjacent to an activating group) is 1. The van der Waals surface area contributed by atoms with Crippen molar-refractivity contribution in [2.75, 3.05) is 24.9 Å². The average Bonchev–Trinajstić information content (AvgIpc) is 3.45. The molecule has 1 amide bonds. The van der Waals surface area contributed by atoms with Crippen molar-refractivity contribution in [3.63, 3.8) is 0 Å². The highest BCUT2D eigenvalue weighted by molar-refractivity contribution is 7.14. The smallest absolute Gasteiger partial charge is 0.255 e. The summed E-state index contributed by atoms with van der Waals surface area (Å²) in [5.74, 6) is -7.11. The molecule has 3 aliphatic carbocycles. The van der Waals surface area contributed by atoms with Gasteiger partial charge in [-0.2, -0.15) is 0 Å². The summed E-state index contributed by atoms with van der Waals surface area (Å²) in [6.45, 7) is 0. The highest BCUT2D eigenvalue weighted by atomic mass is 32.1. The fourth-order valence-corrected chi connectivity index (χ4v) is 7.47. The number of aliphatic hydroxyl groups excluding tert-OH is 2. The second-order valence-corrected chi connectivity index (χ2v) is 12.2. The number of rotatable bonds is 7. The van der Waals surface area contributed by atoms with E-state index in [0.717, 1.165) is 5.56 Å². The maximum atomic E-state index is 14.0. The molecule has 1 fully saturated rings. The van der Waals surface area contributed by atoms with Crippen LogP contribution in [0.1, 0.15) is 17.5 Å². The maximum absolute atomic E-state index is 14.0. The van der Waals surface area contributed by atoms with Crippen molar-refractivity contribution >= 4 is 51.1 Å². The van der Waals surface area contributed by atoms with E-state index in [1.807, 2.05) is 11.4 Å². The van der Waals surface area contributed by atoms with Gasteiger partial charge < -0.3 is 31.5 Å². The molecule has 0 aliphatic heterocycles. The first-order valence-electron chi connectivity index (χ1n) is 13.8. The van der Waals surface area contributed by atoms with Gasteiger partial charge in [-0.15, -0.1) is 16.3 Å². The van der Waals surface area contributed by atoms with Gasteiger partial charge >= 0.3 is 0 Å². The summed E-state index contributed by atoms with van der Waals surface area (Å²) in [5.41, 5.74) is 6.72. The lowest BCUT2D eigenvalue weighted by Gasteiger charge is -2.50. The fourth-order valence-electron chi connectivity index (χ4n) is 6.73. The highest BCUT2D eigenvalue weighted by Crippen LogP contribution is 2.53. The number of nitrogens with zero attached hydrogens (tertiary/aromatic N) is 2. The Morgan fingerprint density at radius 2 is 1.93 bits per heavy atom. The van der Waals surface area contributed by atoms with E-state index in [1.54, 1.807) is 38.4 Å². The van der Waals surface area contributed by atoms with Gasteiger partial charge in [0.15, 0.2) is 16.5 Å². The lowest BCUT2D eigenvalue weighted by Crippen LogP contribution is -2.65. The van der Waals surface area contributed by atoms with Gasteiger partial charge in [0.05, 0.1) is 23.0 Å². The molecule has 45 heavy (non-hydrogen) atoms. The Morgan fingerprint density at radius 3 is 2.62 bits per heavy atom. The van der Waals surface area contributed by atoms with Gasteiger partial charge in [0.2, 0.25) is 5.78 Å². The maximum Gasteiger partial charge on any atom is 0.255 e. The first-order chi connectivity index (χ1) is 21.4. The van der Waals surface area contributed by atoms with E-state index in [4.69, 9.17) is 11.0 Å². The molecule has 0 bridgehead atoms. The van der Waals surface area contributed by atoms with E-state index in [2.05, 4.69) is 20.8 Å². The number of carbonyl (C=O) groups excluding carboxylic acids is 3. The van der Waals surface area contributed by atoms with Crippen LogP contribution in [0.3, 0.4) is 0 Å². The number of phenols is 1. The van der Waals surface area contributed by atoms with Crippen molar-refractivity contribution in [2.24, 2.45) is 17.6 Å². The van der Waals surface area contributed by atoms with Crippen LogP contribution >= 0.6 is 11.3 Å². The van der Waals surface area contributed by atoms with Gasteiger partial charge in [-0.05, 0) is 62.7 Å². The lowest BCUT2D eigenvalue weighted by atomic mass is 9.57. The number of nitrogens with two attached hydrogens (primary N) is 1. The normalized spacial score (nSPS) is 24.3. The minimum Gasteiger partial charge on any atom is -0.508 e. The monoisotopic (exact) mass is 635 g/mol. The number of nitrogens with one attached hydrogen (secondary N) is 2. The molecule has 4 atom stereocenters. The molecule has 0 spiro atoms. The van der Waals surface area contributed by atoms with Gasteiger partial charge in [0.1, 0.15) is 22.8 Å². The van der Waals surface area contributed by atoms with E-state index >= 15 is 0 Å². The number of hydrogen-bond donors (Lipinski definition) is 8. The Hall–Kier alpha value is -4.80. The first kappa shape index (κ1) is 30.2. The van der Waals surface area contributed by atoms with Crippen molar-refractivity contribution in [3.05, 3.63) is 69.8 Å².